The maximum absolute atomic E-state index is 12.1. The van der Waals surface area contributed by atoms with Crippen molar-refractivity contribution in [2.24, 2.45) is 5.41 Å². The number of likely N-dealkylation sites (tertiary alicyclic amines) is 2. The Bertz CT molecular complexity index is 594. The number of piperidine rings is 2. The molecule has 0 aromatic heterocycles. The van der Waals surface area contributed by atoms with Crippen LogP contribution in [0.15, 0.2) is 24.3 Å². The van der Waals surface area contributed by atoms with Crippen LogP contribution in [0.25, 0.3) is 0 Å². The van der Waals surface area contributed by atoms with Crippen LogP contribution in [0.5, 0.6) is 5.75 Å². The number of aliphatic hydroxyl groups is 1. The fourth-order valence-electron chi connectivity index (χ4n) is 4.21. The van der Waals surface area contributed by atoms with Gasteiger partial charge >= 0.3 is 0 Å². The van der Waals surface area contributed by atoms with Crippen LogP contribution >= 0.6 is 0 Å². The van der Waals surface area contributed by atoms with Gasteiger partial charge in [-0.25, -0.2) is 0 Å². The second-order valence-corrected chi connectivity index (χ2v) is 7.75. The summed E-state index contributed by atoms with van der Waals surface area (Å²) in [5.41, 5.74) is 1.53. The molecule has 25 heavy (non-hydrogen) atoms. The number of hydrogen-bond acceptors (Lipinski definition) is 4. The highest BCUT2D eigenvalue weighted by atomic mass is 16.5. The first-order chi connectivity index (χ1) is 12.0. The molecule has 1 N–H and O–H groups in total. The number of carbonyl (C=O) groups is 1. The molecule has 1 amide bonds. The highest BCUT2D eigenvalue weighted by Gasteiger charge is 2.41. The van der Waals surface area contributed by atoms with Crippen molar-refractivity contribution in [3.63, 3.8) is 0 Å². The lowest BCUT2D eigenvalue weighted by Crippen LogP contribution is -2.52. The molecule has 2 heterocycles. The zero-order chi connectivity index (χ0) is 17.9. The van der Waals surface area contributed by atoms with Gasteiger partial charge in [0.15, 0.2) is 0 Å². The largest absolute Gasteiger partial charge is 0.497 e. The van der Waals surface area contributed by atoms with E-state index in [4.69, 9.17) is 4.74 Å². The Kier molecular flexibility index (Phi) is 5.64. The van der Waals surface area contributed by atoms with E-state index in [9.17, 15) is 9.90 Å². The summed E-state index contributed by atoms with van der Waals surface area (Å²) in [6.45, 7) is 6.11. The summed E-state index contributed by atoms with van der Waals surface area (Å²) >= 11 is 0. The van der Waals surface area contributed by atoms with E-state index in [2.05, 4.69) is 17.0 Å². The number of rotatable bonds is 5. The number of hydrogen-bond donors (Lipinski definition) is 1. The van der Waals surface area contributed by atoms with E-state index < -0.39 is 6.10 Å². The number of methoxy groups -OCH3 is 1. The molecule has 3 rings (SSSR count). The normalized spacial score (nSPS) is 22.2. The van der Waals surface area contributed by atoms with Crippen LogP contribution in [0, 0.1) is 5.41 Å². The van der Waals surface area contributed by atoms with E-state index in [0.29, 0.717) is 13.0 Å². The van der Waals surface area contributed by atoms with E-state index in [1.165, 1.54) is 5.56 Å². The third-order valence-electron chi connectivity index (χ3n) is 5.69. The van der Waals surface area contributed by atoms with Crippen LogP contribution < -0.4 is 4.74 Å². The molecular formula is C20H30N2O3. The number of β-amino-alcohol motifs (C(OH)–C–C–N with tert-alkyl or cyclic N) is 1. The predicted octanol–water partition coefficient (Wildman–Crippen LogP) is 2.28. The zero-order valence-corrected chi connectivity index (χ0v) is 15.4. The maximum Gasteiger partial charge on any atom is 0.222 e. The van der Waals surface area contributed by atoms with Crippen LogP contribution in [0.3, 0.4) is 0 Å². The first kappa shape index (κ1) is 18.2. The maximum atomic E-state index is 12.1. The van der Waals surface area contributed by atoms with Crippen LogP contribution in [0.2, 0.25) is 0 Å². The van der Waals surface area contributed by atoms with Gasteiger partial charge in [-0.1, -0.05) is 12.1 Å². The Labute approximate surface area is 150 Å². The van der Waals surface area contributed by atoms with Crippen molar-refractivity contribution in [2.45, 2.75) is 45.3 Å². The summed E-state index contributed by atoms with van der Waals surface area (Å²) < 4.78 is 5.31. The third-order valence-corrected chi connectivity index (χ3v) is 5.69. The quantitative estimate of drug-likeness (QED) is 0.889. The number of benzene rings is 1. The van der Waals surface area contributed by atoms with Gasteiger partial charge < -0.3 is 14.7 Å². The van der Waals surface area contributed by atoms with Gasteiger partial charge in [0, 0.05) is 26.1 Å². The standard InChI is InChI=1S/C20H30N2O3/c1-16(23)13-22-15-20(7-6-19(22)24)8-10-21(11-9-20)14-17-4-3-5-18(12-17)25-2/h3-5,12,16,23H,6-11,13-15H2,1-2H3/t16-/m1/s1. The molecule has 0 aliphatic carbocycles. The van der Waals surface area contributed by atoms with Gasteiger partial charge in [-0.2, -0.15) is 0 Å². The van der Waals surface area contributed by atoms with Gasteiger partial charge in [-0.3, -0.25) is 9.69 Å². The fourth-order valence-corrected chi connectivity index (χ4v) is 4.21. The van der Waals surface area contributed by atoms with Crippen molar-refractivity contribution in [3.05, 3.63) is 29.8 Å². The molecule has 2 saturated heterocycles. The van der Waals surface area contributed by atoms with Crippen molar-refractivity contribution in [1.29, 1.82) is 0 Å². The number of ether oxygens (including phenoxy) is 1. The van der Waals surface area contributed by atoms with Crippen LogP contribution in [0.1, 0.15) is 38.2 Å². The first-order valence-corrected chi connectivity index (χ1v) is 9.31. The molecular weight excluding hydrogens is 316 g/mol. The Balaban J connectivity index is 1.56. The average molecular weight is 346 g/mol. The molecule has 2 aliphatic rings. The van der Waals surface area contributed by atoms with Gasteiger partial charge in [0.1, 0.15) is 5.75 Å². The molecule has 0 saturated carbocycles. The number of carbonyl (C=O) groups excluding carboxylic acids is 1. The smallest absolute Gasteiger partial charge is 0.222 e. The molecule has 1 aromatic carbocycles. The summed E-state index contributed by atoms with van der Waals surface area (Å²) in [7, 11) is 1.70. The third kappa shape index (κ3) is 4.53. The lowest BCUT2D eigenvalue weighted by atomic mass is 9.72. The predicted molar refractivity (Wildman–Crippen MR) is 97.4 cm³/mol. The van der Waals surface area contributed by atoms with Crippen LogP contribution in [-0.4, -0.2) is 60.2 Å². The fraction of sp³-hybridized carbons (Fsp3) is 0.650. The molecule has 5 nitrogen and oxygen atoms in total. The summed E-state index contributed by atoms with van der Waals surface area (Å²) in [5, 5.41) is 9.65. The minimum Gasteiger partial charge on any atom is -0.497 e. The number of aliphatic hydroxyl groups excluding tert-OH is 1. The van der Waals surface area contributed by atoms with Gasteiger partial charge in [-0.15, -0.1) is 0 Å². The molecule has 0 radical (unpaired) electrons. The number of amides is 1. The summed E-state index contributed by atoms with van der Waals surface area (Å²) in [6.07, 6.45) is 3.42. The van der Waals surface area contributed by atoms with Gasteiger partial charge in [0.2, 0.25) is 5.91 Å². The lowest BCUT2D eigenvalue weighted by Gasteiger charge is -2.47. The van der Waals surface area contributed by atoms with E-state index >= 15 is 0 Å². The first-order valence-electron chi connectivity index (χ1n) is 9.31. The minimum atomic E-state index is -0.452. The monoisotopic (exact) mass is 346 g/mol. The Morgan fingerprint density at radius 1 is 1.28 bits per heavy atom. The van der Waals surface area contributed by atoms with E-state index in [-0.39, 0.29) is 11.3 Å². The average Bonchev–Trinajstić information content (AvgIpc) is 2.60. The van der Waals surface area contributed by atoms with Crippen molar-refractivity contribution < 1.29 is 14.6 Å². The topological polar surface area (TPSA) is 53.0 Å². The van der Waals surface area contributed by atoms with Crippen molar-refractivity contribution >= 4 is 5.91 Å². The summed E-state index contributed by atoms with van der Waals surface area (Å²) in [6, 6.07) is 8.27. The molecule has 1 spiro atoms. The van der Waals surface area contributed by atoms with Gasteiger partial charge in [-0.05, 0) is 62.4 Å². The summed E-state index contributed by atoms with van der Waals surface area (Å²) in [4.78, 5) is 16.5. The molecule has 138 valence electrons. The molecule has 5 heteroatoms. The van der Waals surface area contributed by atoms with E-state index in [1.54, 1.807) is 14.0 Å². The minimum absolute atomic E-state index is 0.199. The molecule has 1 atom stereocenters. The van der Waals surface area contributed by atoms with E-state index in [0.717, 1.165) is 51.2 Å². The van der Waals surface area contributed by atoms with Crippen LogP contribution in [-0.2, 0) is 11.3 Å². The van der Waals surface area contributed by atoms with Gasteiger partial charge in [0.05, 0.1) is 13.2 Å². The molecule has 2 fully saturated rings. The highest BCUT2D eigenvalue weighted by Crippen LogP contribution is 2.40. The van der Waals surface area contributed by atoms with Crippen molar-refractivity contribution in [1.82, 2.24) is 9.80 Å². The zero-order valence-electron chi connectivity index (χ0n) is 15.4. The molecule has 2 aliphatic heterocycles. The Morgan fingerprint density at radius 2 is 2.04 bits per heavy atom. The Hall–Kier alpha value is -1.59. The molecule has 1 aromatic rings. The van der Waals surface area contributed by atoms with E-state index in [1.807, 2.05) is 17.0 Å². The summed E-state index contributed by atoms with van der Waals surface area (Å²) in [5.74, 6) is 1.11. The second kappa shape index (κ2) is 7.75. The van der Waals surface area contributed by atoms with Crippen molar-refractivity contribution in [2.75, 3.05) is 33.3 Å². The lowest BCUT2D eigenvalue weighted by molar-refractivity contribution is -0.140. The van der Waals surface area contributed by atoms with Crippen molar-refractivity contribution in [3.8, 4) is 5.75 Å². The molecule has 0 bridgehead atoms. The highest BCUT2D eigenvalue weighted by molar-refractivity contribution is 5.77. The molecule has 0 unspecified atom stereocenters. The number of nitrogens with zero attached hydrogens (tertiary/aromatic N) is 2. The second-order valence-electron chi connectivity index (χ2n) is 7.75. The Morgan fingerprint density at radius 3 is 2.72 bits per heavy atom. The van der Waals surface area contributed by atoms with Crippen LogP contribution in [0.4, 0.5) is 0 Å². The SMILES string of the molecule is COc1cccc(CN2CCC3(CCC(=O)N(C[C@@H](C)O)C3)CC2)c1. The van der Waals surface area contributed by atoms with Gasteiger partial charge in [0.25, 0.3) is 0 Å².